The van der Waals surface area contributed by atoms with Crippen molar-refractivity contribution in [3.63, 3.8) is 0 Å². The molecule has 5 atom stereocenters. The van der Waals surface area contributed by atoms with Gasteiger partial charge in [0.05, 0.1) is 30.3 Å². The Kier molecular flexibility index (Phi) is 5.13. The largest absolute Gasteiger partial charge is 0.446 e. The van der Waals surface area contributed by atoms with E-state index in [-0.39, 0.29) is 12.5 Å². The number of nitrogens with one attached hydrogen (secondary N) is 3. The highest BCUT2D eigenvalue weighted by molar-refractivity contribution is 5.85. The fourth-order valence-electron chi connectivity index (χ4n) is 2.83. The predicted molar refractivity (Wildman–Crippen MR) is 87.6 cm³/mol. The number of nitrogens with zero attached hydrogens (tertiary/aromatic N) is 2. The molecule has 0 spiro atoms. The van der Waals surface area contributed by atoms with Crippen LogP contribution in [-0.4, -0.2) is 70.3 Å². The molecule has 2 aromatic rings. The van der Waals surface area contributed by atoms with E-state index in [1.165, 1.54) is 12.6 Å². The Hall–Kier alpha value is -2.27. The van der Waals surface area contributed by atoms with E-state index in [0.717, 1.165) is 0 Å². The lowest BCUT2D eigenvalue weighted by Gasteiger charge is -2.42. The number of hydrogen-bond acceptors (Lipinski definition) is 9. The number of anilines is 1. The first kappa shape index (κ1) is 17.5. The second-order valence-corrected chi connectivity index (χ2v) is 5.87. The Morgan fingerprint density at radius 1 is 1.32 bits per heavy atom. The minimum Gasteiger partial charge on any atom is -0.446 e. The van der Waals surface area contributed by atoms with Gasteiger partial charge in [0.15, 0.2) is 6.23 Å². The normalized spacial score (nSPS) is 29.5. The highest BCUT2D eigenvalue weighted by atomic mass is 16.5. The van der Waals surface area contributed by atoms with Crippen molar-refractivity contribution in [1.82, 2.24) is 20.6 Å². The predicted octanol–water partition coefficient (Wildman–Crippen LogP) is -1.19. The second-order valence-electron chi connectivity index (χ2n) is 5.87. The third-order valence-corrected chi connectivity index (χ3v) is 4.10. The smallest absolute Gasteiger partial charge is 0.234 e. The van der Waals surface area contributed by atoms with Crippen LogP contribution in [0, 0.1) is 0 Å². The molecule has 0 aliphatic carbocycles. The van der Waals surface area contributed by atoms with Gasteiger partial charge in [-0.2, -0.15) is 0 Å². The summed E-state index contributed by atoms with van der Waals surface area (Å²) in [5, 5.41) is 29.7. The number of aromatic nitrogens is 2. The first-order valence-electron chi connectivity index (χ1n) is 7.91. The maximum Gasteiger partial charge on any atom is 0.234 e. The molecule has 3 rings (SSSR count). The molecule has 1 aliphatic heterocycles. The number of carbonyl (C=O) groups excluding carboxylic acids is 1. The van der Waals surface area contributed by atoms with Crippen LogP contribution in [0.3, 0.4) is 0 Å². The SMILES string of the molecule is CNCC(=O)N[C@@H]1[C@@H](O)[C@@H](O)[C@@H](Nc2ncnc3occc23)O[C@H]1C. The molecule has 10 nitrogen and oxygen atoms in total. The first-order valence-corrected chi connectivity index (χ1v) is 7.91. The van der Waals surface area contributed by atoms with Crippen LogP contribution in [0.25, 0.3) is 11.1 Å². The minimum absolute atomic E-state index is 0.104. The van der Waals surface area contributed by atoms with Gasteiger partial charge in [-0.15, -0.1) is 0 Å². The Bertz CT molecular complexity index is 738. The fourth-order valence-corrected chi connectivity index (χ4v) is 2.83. The molecule has 1 aliphatic rings. The van der Waals surface area contributed by atoms with Crippen LogP contribution in [0.5, 0.6) is 0 Å². The zero-order chi connectivity index (χ0) is 18.0. The van der Waals surface area contributed by atoms with Crippen molar-refractivity contribution < 1.29 is 24.2 Å². The van der Waals surface area contributed by atoms with Crippen molar-refractivity contribution in [2.75, 3.05) is 18.9 Å². The summed E-state index contributed by atoms with van der Waals surface area (Å²) >= 11 is 0. The van der Waals surface area contributed by atoms with Gasteiger partial charge in [-0.3, -0.25) is 4.79 Å². The van der Waals surface area contributed by atoms with Crippen LogP contribution in [0.2, 0.25) is 0 Å². The molecule has 1 fully saturated rings. The number of hydrogen-bond donors (Lipinski definition) is 5. The van der Waals surface area contributed by atoms with Gasteiger partial charge in [-0.1, -0.05) is 0 Å². The summed E-state index contributed by atoms with van der Waals surface area (Å²) in [5.74, 6) is 0.122. The second kappa shape index (κ2) is 7.31. The number of ether oxygens (including phenoxy) is 1. The number of likely N-dealkylation sites (N-methyl/N-ethyl adjacent to an activating group) is 1. The van der Waals surface area contributed by atoms with Crippen molar-refractivity contribution in [1.29, 1.82) is 0 Å². The average Bonchev–Trinajstić information content (AvgIpc) is 3.06. The van der Waals surface area contributed by atoms with Gasteiger partial charge >= 0.3 is 0 Å². The van der Waals surface area contributed by atoms with Crippen LogP contribution in [0.4, 0.5) is 5.82 Å². The topological polar surface area (TPSA) is 142 Å². The highest BCUT2D eigenvalue weighted by Crippen LogP contribution is 2.25. The number of fused-ring (bicyclic) bond motifs is 1. The number of aliphatic hydroxyl groups is 2. The van der Waals surface area contributed by atoms with Crippen molar-refractivity contribution >= 4 is 22.8 Å². The van der Waals surface area contributed by atoms with Crippen molar-refractivity contribution in [3.8, 4) is 0 Å². The monoisotopic (exact) mass is 351 g/mol. The van der Waals surface area contributed by atoms with Crippen molar-refractivity contribution in [2.45, 2.75) is 37.5 Å². The summed E-state index contributed by atoms with van der Waals surface area (Å²) in [6.07, 6.45) is -1.11. The number of aliphatic hydroxyl groups excluding tert-OH is 2. The molecule has 0 bridgehead atoms. The van der Waals surface area contributed by atoms with E-state index >= 15 is 0 Å². The molecular weight excluding hydrogens is 330 g/mol. The number of amides is 1. The van der Waals surface area contributed by atoms with E-state index in [2.05, 4.69) is 25.9 Å². The molecular formula is C15H21N5O5. The molecule has 2 aromatic heterocycles. The van der Waals surface area contributed by atoms with Gasteiger partial charge in [0.1, 0.15) is 24.4 Å². The summed E-state index contributed by atoms with van der Waals surface area (Å²) in [5.41, 5.74) is 0.397. The van der Waals surface area contributed by atoms with E-state index < -0.39 is 30.6 Å². The van der Waals surface area contributed by atoms with Crippen molar-refractivity contribution in [3.05, 3.63) is 18.7 Å². The zero-order valence-electron chi connectivity index (χ0n) is 13.8. The summed E-state index contributed by atoms with van der Waals surface area (Å²) in [4.78, 5) is 19.8. The molecule has 10 heteroatoms. The zero-order valence-corrected chi connectivity index (χ0v) is 13.8. The van der Waals surface area contributed by atoms with E-state index in [9.17, 15) is 15.0 Å². The Balaban J connectivity index is 1.72. The third-order valence-electron chi connectivity index (χ3n) is 4.10. The van der Waals surface area contributed by atoms with Gasteiger partial charge < -0.3 is 35.3 Å². The molecule has 1 amide bonds. The molecule has 5 N–H and O–H groups in total. The van der Waals surface area contributed by atoms with Crippen LogP contribution in [0.15, 0.2) is 23.1 Å². The van der Waals surface area contributed by atoms with Crippen LogP contribution >= 0.6 is 0 Å². The number of rotatable bonds is 5. The molecule has 3 heterocycles. The maximum absolute atomic E-state index is 11.7. The Labute approximate surface area is 143 Å². The van der Waals surface area contributed by atoms with Gasteiger partial charge in [0.2, 0.25) is 11.6 Å². The first-order chi connectivity index (χ1) is 12.0. The van der Waals surface area contributed by atoms with Crippen LogP contribution in [-0.2, 0) is 9.53 Å². The lowest BCUT2D eigenvalue weighted by molar-refractivity contribution is -0.172. The van der Waals surface area contributed by atoms with Gasteiger partial charge in [0.25, 0.3) is 0 Å². The lowest BCUT2D eigenvalue weighted by atomic mass is 9.96. The van der Waals surface area contributed by atoms with Crippen LogP contribution < -0.4 is 16.0 Å². The summed E-state index contributed by atoms with van der Waals surface area (Å²) in [6.45, 7) is 1.81. The molecule has 0 radical (unpaired) electrons. The van der Waals surface area contributed by atoms with E-state index in [1.807, 2.05) is 0 Å². The number of carbonyl (C=O) groups is 1. The van der Waals surface area contributed by atoms with Gasteiger partial charge in [-0.25, -0.2) is 9.97 Å². The standard InChI is InChI=1S/C15H21N5O5/c1-7-10(19-9(21)5-16-2)11(22)12(23)15(25-7)20-13-8-3-4-24-14(8)18-6-17-13/h3-4,6-7,10-12,15-16,22-23H,5H2,1-2H3,(H,19,21)(H,17,18,20)/t7-,10-,11+,12+,15-/m0/s1. The molecule has 0 saturated carbocycles. The molecule has 1 saturated heterocycles. The lowest BCUT2D eigenvalue weighted by Crippen LogP contribution is -2.64. The average molecular weight is 351 g/mol. The fraction of sp³-hybridized carbons (Fsp3) is 0.533. The van der Waals surface area contributed by atoms with Crippen LogP contribution in [0.1, 0.15) is 6.92 Å². The summed E-state index contributed by atoms with van der Waals surface area (Å²) in [6, 6.07) is 0.960. The molecule has 25 heavy (non-hydrogen) atoms. The molecule has 136 valence electrons. The van der Waals surface area contributed by atoms with Crippen molar-refractivity contribution in [2.24, 2.45) is 0 Å². The van der Waals surface area contributed by atoms with Gasteiger partial charge in [0, 0.05) is 0 Å². The van der Waals surface area contributed by atoms with E-state index in [0.29, 0.717) is 16.9 Å². The Morgan fingerprint density at radius 2 is 2.12 bits per heavy atom. The minimum atomic E-state index is -1.27. The van der Waals surface area contributed by atoms with E-state index in [1.54, 1.807) is 20.0 Å². The molecule has 0 aromatic carbocycles. The summed E-state index contributed by atoms with van der Waals surface area (Å²) < 4.78 is 10.9. The maximum atomic E-state index is 11.7. The van der Waals surface area contributed by atoms with E-state index in [4.69, 9.17) is 9.15 Å². The summed E-state index contributed by atoms with van der Waals surface area (Å²) in [7, 11) is 1.64. The number of furan rings is 1. The molecule has 0 unspecified atom stereocenters. The van der Waals surface area contributed by atoms with Gasteiger partial charge in [-0.05, 0) is 20.0 Å². The third kappa shape index (κ3) is 3.56. The highest BCUT2D eigenvalue weighted by Gasteiger charge is 2.43. The Morgan fingerprint density at radius 3 is 2.88 bits per heavy atom. The quantitative estimate of drug-likeness (QED) is 0.449.